The van der Waals surface area contributed by atoms with Crippen LogP contribution in [-0.4, -0.2) is 47.2 Å². The van der Waals surface area contributed by atoms with Crippen molar-refractivity contribution in [3.8, 4) is 0 Å². The summed E-state index contributed by atoms with van der Waals surface area (Å²) in [7, 11) is 0. The molecule has 1 aliphatic carbocycles. The van der Waals surface area contributed by atoms with Gasteiger partial charge in [0.25, 0.3) is 0 Å². The number of rotatable bonds is 4. The third-order valence-corrected chi connectivity index (χ3v) is 2.80. The smallest absolute Gasteiger partial charge is 0.239 e. The summed E-state index contributed by atoms with van der Waals surface area (Å²) in [6.45, 7) is 2.98. The van der Waals surface area contributed by atoms with Gasteiger partial charge in [0.05, 0.1) is 12.1 Å². The van der Waals surface area contributed by atoms with Crippen molar-refractivity contribution in [3.05, 3.63) is 0 Å². The molecule has 0 bridgehead atoms. The first-order valence-electron chi connectivity index (χ1n) is 5.39. The first kappa shape index (κ1) is 9.93. The van der Waals surface area contributed by atoms with Crippen molar-refractivity contribution in [2.24, 2.45) is 0 Å². The monoisotopic (exact) mass is 198 g/mol. The standard InChI is InChI=1S/C10H18N2O2/c1-7(13)6-12-5-4-9(10(12)14)11-8-2-3-8/h7-9,11,13H,2-6H2,1H3. The van der Waals surface area contributed by atoms with Gasteiger partial charge in [0.2, 0.25) is 5.91 Å². The summed E-state index contributed by atoms with van der Waals surface area (Å²) in [6.07, 6.45) is 2.89. The lowest BCUT2D eigenvalue weighted by Crippen LogP contribution is -2.41. The van der Waals surface area contributed by atoms with E-state index in [0.717, 1.165) is 13.0 Å². The number of nitrogens with zero attached hydrogens (tertiary/aromatic N) is 1. The number of β-amino-alcohol motifs (C(OH)–C–C–N with tert-alkyl or cyclic N) is 1. The molecular weight excluding hydrogens is 180 g/mol. The van der Waals surface area contributed by atoms with E-state index in [1.807, 2.05) is 0 Å². The summed E-state index contributed by atoms with van der Waals surface area (Å²) in [4.78, 5) is 13.5. The summed E-state index contributed by atoms with van der Waals surface area (Å²) in [5.41, 5.74) is 0. The largest absolute Gasteiger partial charge is 0.392 e. The molecule has 0 spiro atoms. The summed E-state index contributed by atoms with van der Waals surface area (Å²) in [6, 6.07) is 0.594. The van der Waals surface area contributed by atoms with Crippen LogP contribution in [0.2, 0.25) is 0 Å². The molecule has 0 aromatic heterocycles. The number of nitrogens with one attached hydrogen (secondary N) is 1. The Labute approximate surface area is 84.3 Å². The van der Waals surface area contributed by atoms with E-state index in [4.69, 9.17) is 0 Å². The molecule has 1 heterocycles. The minimum absolute atomic E-state index is 0.0150. The normalized spacial score (nSPS) is 29.7. The van der Waals surface area contributed by atoms with Gasteiger partial charge in [0, 0.05) is 19.1 Å². The number of carbonyl (C=O) groups is 1. The van der Waals surface area contributed by atoms with E-state index in [-0.39, 0.29) is 11.9 Å². The number of hydrogen-bond acceptors (Lipinski definition) is 3. The van der Waals surface area contributed by atoms with E-state index < -0.39 is 6.10 Å². The zero-order valence-electron chi connectivity index (χ0n) is 8.57. The molecule has 14 heavy (non-hydrogen) atoms. The van der Waals surface area contributed by atoms with E-state index in [1.165, 1.54) is 12.8 Å². The van der Waals surface area contributed by atoms with Crippen LogP contribution in [0.3, 0.4) is 0 Å². The average Bonchev–Trinajstić information content (AvgIpc) is 2.86. The fourth-order valence-electron chi connectivity index (χ4n) is 1.93. The van der Waals surface area contributed by atoms with Crippen LogP contribution in [0.5, 0.6) is 0 Å². The first-order chi connectivity index (χ1) is 6.66. The van der Waals surface area contributed by atoms with Gasteiger partial charge in [-0.1, -0.05) is 0 Å². The lowest BCUT2D eigenvalue weighted by Gasteiger charge is -2.18. The van der Waals surface area contributed by atoms with Gasteiger partial charge in [0.15, 0.2) is 0 Å². The van der Waals surface area contributed by atoms with Gasteiger partial charge >= 0.3 is 0 Å². The van der Waals surface area contributed by atoms with Crippen molar-refractivity contribution in [2.45, 2.75) is 44.4 Å². The van der Waals surface area contributed by atoms with Crippen molar-refractivity contribution in [2.75, 3.05) is 13.1 Å². The highest BCUT2D eigenvalue weighted by Crippen LogP contribution is 2.22. The Bertz CT molecular complexity index is 212. The maximum absolute atomic E-state index is 11.8. The molecule has 2 unspecified atom stereocenters. The van der Waals surface area contributed by atoms with Crippen molar-refractivity contribution < 1.29 is 9.90 Å². The zero-order valence-corrected chi connectivity index (χ0v) is 8.57. The number of hydrogen-bond donors (Lipinski definition) is 2. The highest BCUT2D eigenvalue weighted by Gasteiger charge is 2.35. The average molecular weight is 198 g/mol. The molecule has 2 fully saturated rings. The van der Waals surface area contributed by atoms with Crippen molar-refractivity contribution >= 4 is 5.91 Å². The molecule has 2 atom stereocenters. The Morgan fingerprint density at radius 1 is 1.57 bits per heavy atom. The lowest BCUT2D eigenvalue weighted by molar-refractivity contribution is -0.130. The van der Waals surface area contributed by atoms with E-state index in [0.29, 0.717) is 12.6 Å². The number of aliphatic hydroxyl groups excluding tert-OH is 1. The molecule has 2 rings (SSSR count). The minimum Gasteiger partial charge on any atom is -0.392 e. The molecule has 1 saturated carbocycles. The molecule has 2 aliphatic rings. The van der Waals surface area contributed by atoms with Crippen LogP contribution in [0.25, 0.3) is 0 Å². The Hall–Kier alpha value is -0.610. The lowest BCUT2D eigenvalue weighted by atomic mass is 10.2. The number of aliphatic hydroxyl groups is 1. The molecule has 0 aromatic rings. The van der Waals surface area contributed by atoms with Crippen LogP contribution in [0.4, 0.5) is 0 Å². The maximum atomic E-state index is 11.8. The molecule has 1 saturated heterocycles. The number of likely N-dealkylation sites (tertiary alicyclic amines) is 1. The predicted octanol–water partition coefficient (Wildman–Crippen LogP) is -0.280. The number of amides is 1. The fraction of sp³-hybridized carbons (Fsp3) is 0.900. The summed E-state index contributed by atoms with van der Waals surface area (Å²) in [5.74, 6) is 0.165. The predicted molar refractivity (Wildman–Crippen MR) is 52.8 cm³/mol. The molecule has 2 N–H and O–H groups in total. The van der Waals surface area contributed by atoms with E-state index in [9.17, 15) is 9.90 Å². The van der Waals surface area contributed by atoms with E-state index >= 15 is 0 Å². The van der Waals surface area contributed by atoms with Gasteiger partial charge in [-0.3, -0.25) is 4.79 Å². The second-order valence-electron chi connectivity index (χ2n) is 4.42. The van der Waals surface area contributed by atoms with Crippen LogP contribution in [-0.2, 0) is 4.79 Å². The minimum atomic E-state index is -0.418. The Balaban J connectivity index is 1.82. The van der Waals surface area contributed by atoms with Crippen molar-refractivity contribution in [1.29, 1.82) is 0 Å². The van der Waals surface area contributed by atoms with Gasteiger partial charge in [-0.2, -0.15) is 0 Å². The summed E-state index contributed by atoms with van der Waals surface area (Å²) in [5, 5.41) is 12.5. The molecule has 4 nitrogen and oxygen atoms in total. The van der Waals surface area contributed by atoms with E-state index in [1.54, 1.807) is 11.8 Å². The second kappa shape index (κ2) is 3.87. The highest BCUT2D eigenvalue weighted by molar-refractivity contribution is 5.84. The van der Waals surface area contributed by atoms with Crippen LogP contribution in [0.15, 0.2) is 0 Å². The van der Waals surface area contributed by atoms with Crippen molar-refractivity contribution in [3.63, 3.8) is 0 Å². The van der Waals surface area contributed by atoms with Gasteiger partial charge < -0.3 is 15.3 Å². The highest BCUT2D eigenvalue weighted by atomic mass is 16.3. The van der Waals surface area contributed by atoms with Gasteiger partial charge in [-0.25, -0.2) is 0 Å². The van der Waals surface area contributed by atoms with Gasteiger partial charge in [-0.15, -0.1) is 0 Å². The van der Waals surface area contributed by atoms with Crippen molar-refractivity contribution in [1.82, 2.24) is 10.2 Å². The third-order valence-electron chi connectivity index (χ3n) is 2.80. The maximum Gasteiger partial charge on any atom is 0.239 e. The van der Waals surface area contributed by atoms with Gasteiger partial charge in [-0.05, 0) is 26.2 Å². The summed E-state index contributed by atoms with van der Waals surface area (Å²) >= 11 is 0. The number of carbonyl (C=O) groups excluding carboxylic acids is 1. The molecule has 1 aliphatic heterocycles. The molecule has 0 aromatic carbocycles. The topological polar surface area (TPSA) is 52.6 Å². The Morgan fingerprint density at radius 3 is 2.86 bits per heavy atom. The van der Waals surface area contributed by atoms with Crippen LogP contribution in [0, 0.1) is 0 Å². The molecular formula is C10H18N2O2. The van der Waals surface area contributed by atoms with E-state index in [2.05, 4.69) is 5.32 Å². The molecule has 4 heteroatoms. The summed E-state index contributed by atoms with van der Waals surface area (Å²) < 4.78 is 0. The SMILES string of the molecule is CC(O)CN1CCC(NC2CC2)C1=O. The zero-order chi connectivity index (χ0) is 10.1. The second-order valence-corrected chi connectivity index (χ2v) is 4.42. The molecule has 1 amide bonds. The van der Waals surface area contributed by atoms with Crippen LogP contribution >= 0.6 is 0 Å². The third kappa shape index (κ3) is 2.25. The Kier molecular flexibility index (Phi) is 2.74. The van der Waals surface area contributed by atoms with Crippen LogP contribution in [0.1, 0.15) is 26.2 Å². The molecule has 80 valence electrons. The fourth-order valence-corrected chi connectivity index (χ4v) is 1.93. The van der Waals surface area contributed by atoms with Crippen LogP contribution < -0.4 is 5.32 Å². The Morgan fingerprint density at radius 2 is 2.29 bits per heavy atom. The van der Waals surface area contributed by atoms with Gasteiger partial charge in [0.1, 0.15) is 0 Å². The molecule has 0 radical (unpaired) electrons. The first-order valence-corrected chi connectivity index (χ1v) is 5.39. The quantitative estimate of drug-likeness (QED) is 0.653.